The summed E-state index contributed by atoms with van der Waals surface area (Å²) in [6.45, 7) is 0. The van der Waals surface area contributed by atoms with Gasteiger partial charge in [-0.1, -0.05) is 200 Å². The number of hydrogen-bond donors (Lipinski definition) is 0. The second-order valence-electron chi connectivity index (χ2n) is 14.8. The first-order valence-corrected chi connectivity index (χ1v) is 19.4. The van der Waals surface area contributed by atoms with Gasteiger partial charge in [-0.2, -0.15) is 0 Å². The van der Waals surface area contributed by atoms with Gasteiger partial charge >= 0.3 is 0 Å². The molecule has 0 saturated heterocycles. The Kier molecular flexibility index (Phi) is 7.60. The van der Waals surface area contributed by atoms with Crippen LogP contribution in [-0.2, 0) is 0 Å². The summed E-state index contributed by atoms with van der Waals surface area (Å²) in [4.78, 5) is 0. The highest BCUT2D eigenvalue weighted by molar-refractivity contribution is 6.23. The topological polar surface area (TPSA) is 0 Å². The first-order chi connectivity index (χ1) is 27.8. The lowest BCUT2D eigenvalue weighted by atomic mass is 9.83. The summed E-state index contributed by atoms with van der Waals surface area (Å²) in [5, 5.41) is 12.6. The average Bonchev–Trinajstić information content (AvgIpc) is 3.28. The van der Waals surface area contributed by atoms with Gasteiger partial charge in [0.25, 0.3) is 0 Å². The zero-order chi connectivity index (χ0) is 37.0. The Labute approximate surface area is 326 Å². The Morgan fingerprint density at radius 3 is 1.34 bits per heavy atom. The van der Waals surface area contributed by atoms with Crippen molar-refractivity contribution < 1.29 is 0 Å². The SMILES string of the molecule is c1ccc(-c2ccc3c(-c4ccc5ccccc5c4)c4cc(-c5ccccc5)ccc4c(-c4ccc(-c5cccc6c5ccc5ccccc56)cc4)c3c2)cc1. The zero-order valence-corrected chi connectivity index (χ0v) is 30.8. The van der Waals surface area contributed by atoms with E-state index in [1.165, 1.54) is 109 Å². The largest absolute Gasteiger partial charge is 0.0622 e. The summed E-state index contributed by atoms with van der Waals surface area (Å²) < 4.78 is 0. The molecule has 0 amide bonds. The Balaban J connectivity index is 1.18. The fraction of sp³-hybridized carbons (Fsp3) is 0. The molecule has 0 spiro atoms. The van der Waals surface area contributed by atoms with Gasteiger partial charge in [0.1, 0.15) is 0 Å². The minimum atomic E-state index is 1.21. The second-order valence-corrected chi connectivity index (χ2v) is 14.8. The summed E-state index contributed by atoms with van der Waals surface area (Å²) in [5.74, 6) is 0. The molecule has 11 aromatic carbocycles. The van der Waals surface area contributed by atoms with E-state index in [9.17, 15) is 0 Å². The van der Waals surface area contributed by atoms with Crippen LogP contribution in [0.5, 0.6) is 0 Å². The normalized spacial score (nSPS) is 11.6. The number of benzene rings is 11. The van der Waals surface area contributed by atoms with Gasteiger partial charge in [0, 0.05) is 0 Å². The van der Waals surface area contributed by atoms with E-state index in [0.29, 0.717) is 0 Å². The van der Waals surface area contributed by atoms with Crippen LogP contribution in [0.2, 0.25) is 0 Å². The van der Waals surface area contributed by atoms with Crippen molar-refractivity contribution in [3.05, 3.63) is 218 Å². The lowest BCUT2D eigenvalue weighted by Crippen LogP contribution is -1.93. The molecule has 11 rings (SSSR count). The van der Waals surface area contributed by atoms with Gasteiger partial charge in [0.2, 0.25) is 0 Å². The van der Waals surface area contributed by atoms with Crippen LogP contribution in [0, 0.1) is 0 Å². The van der Waals surface area contributed by atoms with Gasteiger partial charge in [-0.05, 0) is 128 Å². The van der Waals surface area contributed by atoms with Crippen molar-refractivity contribution >= 4 is 53.9 Å². The molecule has 260 valence electrons. The molecule has 11 aromatic rings. The van der Waals surface area contributed by atoms with Crippen LogP contribution in [0.4, 0.5) is 0 Å². The summed E-state index contributed by atoms with van der Waals surface area (Å²) in [6.07, 6.45) is 0. The molecule has 0 aliphatic heterocycles. The highest BCUT2D eigenvalue weighted by Gasteiger charge is 2.19. The van der Waals surface area contributed by atoms with Crippen LogP contribution in [0.1, 0.15) is 0 Å². The van der Waals surface area contributed by atoms with Crippen LogP contribution in [-0.4, -0.2) is 0 Å². The van der Waals surface area contributed by atoms with E-state index in [1.54, 1.807) is 0 Å². The van der Waals surface area contributed by atoms with E-state index in [-0.39, 0.29) is 0 Å². The van der Waals surface area contributed by atoms with E-state index in [4.69, 9.17) is 0 Å². The van der Waals surface area contributed by atoms with Crippen LogP contribution in [0.3, 0.4) is 0 Å². The third-order valence-electron chi connectivity index (χ3n) is 11.6. The number of fused-ring (bicyclic) bond motifs is 6. The summed E-state index contributed by atoms with van der Waals surface area (Å²) in [6, 6.07) is 80.5. The van der Waals surface area contributed by atoms with Gasteiger partial charge in [-0.25, -0.2) is 0 Å². The van der Waals surface area contributed by atoms with E-state index in [1.807, 2.05) is 0 Å². The molecule has 0 saturated carbocycles. The van der Waals surface area contributed by atoms with Crippen molar-refractivity contribution in [1.82, 2.24) is 0 Å². The molecule has 0 unspecified atom stereocenters. The molecule has 0 aliphatic carbocycles. The Bertz CT molecular complexity index is 3260. The molecule has 0 heteroatoms. The third-order valence-corrected chi connectivity index (χ3v) is 11.6. The average molecular weight is 709 g/mol. The minimum Gasteiger partial charge on any atom is -0.0622 e. The molecule has 0 fully saturated rings. The van der Waals surface area contributed by atoms with Gasteiger partial charge in [-0.15, -0.1) is 0 Å². The maximum atomic E-state index is 2.42. The molecular weight excluding hydrogens is 673 g/mol. The van der Waals surface area contributed by atoms with Crippen molar-refractivity contribution in [2.75, 3.05) is 0 Å². The summed E-state index contributed by atoms with van der Waals surface area (Å²) >= 11 is 0. The Morgan fingerprint density at radius 1 is 0.179 bits per heavy atom. The highest BCUT2D eigenvalue weighted by atomic mass is 14.2. The smallest absolute Gasteiger partial charge is 0.00259 e. The Morgan fingerprint density at radius 2 is 0.661 bits per heavy atom. The lowest BCUT2D eigenvalue weighted by molar-refractivity contribution is 1.62. The van der Waals surface area contributed by atoms with Gasteiger partial charge in [-0.3, -0.25) is 0 Å². The number of rotatable bonds is 5. The zero-order valence-electron chi connectivity index (χ0n) is 30.8. The monoisotopic (exact) mass is 708 g/mol. The molecular formula is C56H36. The summed E-state index contributed by atoms with van der Waals surface area (Å²) in [7, 11) is 0. The quantitative estimate of drug-likeness (QED) is 0.123. The predicted octanol–water partition coefficient (Wildman–Crippen LogP) is 15.8. The van der Waals surface area contributed by atoms with Crippen LogP contribution < -0.4 is 0 Å². The van der Waals surface area contributed by atoms with Crippen LogP contribution in [0.15, 0.2) is 218 Å². The number of hydrogen-bond acceptors (Lipinski definition) is 0. The van der Waals surface area contributed by atoms with Gasteiger partial charge in [0.15, 0.2) is 0 Å². The van der Waals surface area contributed by atoms with Crippen LogP contribution in [0.25, 0.3) is 109 Å². The van der Waals surface area contributed by atoms with E-state index < -0.39 is 0 Å². The van der Waals surface area contributed by atoms with E-state index in [0.717, 1.165) is 0 Å². The molecule has 0 bridgehead atoms. The molecule has 0 radical (unpaired) electrons. The fourth-order valence-electron chi connectivity index (χ4n) is 8.92. The van der Waals surface area contributed by atoms with Crippen LogP contribution >= 0.6 is 0 Å². The lowest BCUT2D eigenvalue weighted by Gasteiger charge is -2.20. The fourth-order valence-corrected chi connectivity index (χ4v) is 8.92. The first kappa shape index (κ1) is 32.2. The molecule has 0 aliphatic rings. The summed E-state index contributed by atoms with van der Waals surface area (Å²) in [5.41, 5.74) is 12.3. The van der Waals surface area contributed by atoms with Crippen molar-refractivity contribution in [3.63, 3.8) is 0 Å². The Hall–Kier alpha value is -7.28. The maximum absolute atomic E-state index is 2.42. The van der Waals surface area contributed by atoms with E-state index in [2.05, 4.69) is 218 Å². The molecule has 0 N–H and O–H groups in total. The molecule has 0 atom stereocenters. The third kappa shape index (κ3) is 5.38. The maximum Gasteiger partial charge on any atom is -0.00259 e. The minimum absolute atomic E-state index is 1.21. The highest BCUT2D eigenvalue weighted by Crippen LogP contribution is 2.47. The van der Waals surface area contributed by atoms with E-state index >= 15 is 0 Å². The van der Waals surface area contributed by atoms with Crippen molar-refractivity contribution in [2.45, 2.75) is 0 Å². The molecule has 56 heavy (non-hydrogen) atoms. The molecule has 0 heterocycles. The molecule has 0 aromatic heterocycles. The standard InChI is InChI=1S/C56H36/c1-3-12-37(13-4-1)44-30-33-52-53(35-44)55(42-25-23-41(24-26-42)48-20-11-21-49-47-19-10-9-17-40(47)28-31-50(48)49)51-32-29-45(38-14-5-2-6-15-38)36-54(51)56(52)46-27-22-39-16-7-8-18-43(39)34-46/h1-36H. The van der Waals surface area contributed by atoms with Gasteiger partial charge < -0.3 is 0 Å². The first-order valence-electron chi connectivity index (χ1n) is 19.4. The van der Waals surface area contributed by atoms with Crippen molar-refractivity contribution in [2.24, 2.45) is 0 Å². The second kappa shape index (κ2) is 13.2. The van der Waals surface area contributed by atoms with Gasteiger partial charge in [0.05, 0.1) is 0 Å². The predicted molar refractivity (Wildman–Crippen MR) is 241 cm³/mol. The molecule has 0 nitrogen and oxygen atoms in total. The van der Waals surface area contributed by atoms with Crippen molar-refractivity contribution in [1.29, 1.82) is 0 Å². The van der Waals surface area contributed by atoms with Crippen molar-refractivity contribution in [3.8, 4) is 55.6 Å².